The Labute approximate surface area is 228 Å². The Morgan fingerprint density at radius 3 is 2.33 bits per heavy atom. The van der Waals surface area contributed by atoms with Crippen molar-refractivity contribution in [2.45, 2.75) is 26.0 Å². The summed E-state index contributed by atoms with van der Waals surface area (Å²) in [5, 5.41) is 7.05. The van der Waals surface area contributed by atoms with Gasteiger partial charge in [0, 0.05) is 5.56 Å². The molecule has 0 saturated heterocycles. The van der Waals surface area contributed by atoms with E-state index in [1.807, 2.05) is 73.7 Å². The van der Waals surface area contributed by atoms with Crippen LogP contribution >= 0.6 is 0 Å². The first-order valence-corrected chi connectivity index (χ1v) is 12.6. The van der Waals surface area contributed by atoms with Crippen molar-refractivity contribution >= 4 is 18.0 Å². The van der Waals surface area contributed by atoms with Gasteiger partial charge in [0.05, 0.1) is 25.8 Å². The molecule has 2 N–H and O–H groups in total. The number of aryl methyl sites for hydroxylation is 1. The number of nitrogens with zero attached hydrogens (tertiary/aromatic N) is 1. The monoisotopic (exact) mass is 521 g/mol. The summed E-state index contributed by atoms with van der Waals surface area (Å²) >= 11 is 0. The molecular weight excluding hydrogens is 490 g/mol. The minimum absolute atomic E-state index is 0.0228. The topological polar surface area (TPSA) is 89.0 Å². The molecule has 198 valence electrons. The average Bonchev–Trinajstić information content (AvgIpc) is 2.97. The Balaban J connectivity index is 1.37. The van der Waals surface area contributed by atoms with Gasteiger partial charge in [-0.3, -0.25) is 9.59 Å². The Morgan fingerprint density at radius 2 is 1.62 bits per heavy atom. The van der Waals surface area contributed by atoms with E-state index in [1.165, 1.54) is 11.8 Å². The molecule has 4 aromatic rings. The number of nitrogens with one attached hydrogen (secondary N) is 2. The number of hydrazone groups is 1. The molecule has 2 amide bonds. The van der Waals surface area contributed by atoms with Gasteiger partial charge in [0.15, 0.2) is 11.5 Å². The normalized spacial score (nSPS) is 11.5. The molecule has 0 spiro atoms. The van der Waals surface area contributed by atoms with Crippen molar-refractivity contribution in [2.24, 2.45) is 5.10 Å². The van der Waals surface area contributed by atoms with E-state index in [2.05, 4.69) is 21.9 Å². The maximum Gasteiger partial charge on any atom is 0.251 e. The van der Waals surface area contributed by atoms with Crippen LogP contribution in [0.2, 0.25) is 0 Å². The Kier molecular flexibility index (Phi) is 9.45. The molecule has 7 nitrogen and oxygen atoms in total. The third kappa shape index (κ3) is 8.04. The molecule has 4 aromatic carbocycles. The summed E-state index contributed by atoms with van der Waals surface area (Å²) in [4.78, 5) is 25.5. The lowest BCUT2D eigenvalue weighted by atomic mass is 10.0. The largest absolute Gasteiger partial charge is 0.493 e. The van der Waals surface area contributed by atoms with Crippen LogP contribution in [0.4, 0.5) is 0 Å². The van der Waals surface area contributed by atoms with Crippen LogP contribution in [0.1, 0.15) is 45.1 Å². The van der Waals surface area contributed by atoms with Crippen molar-refractivity contribution in [3.8, 4) is 11.5 Å². The van der Waals surface area contributed by atoms with Crippen molar-refractivity contribution in [3.63, 3.8) is 0 Å². The molecule has 0 unspecified atom stereocenters. The van der Waals surface area contributed by atoms with Gasteiger partial charge in [-0.05, 0) is 53.9 Å². The van der Waals surface area contributed by atoms with Crippen LogP contribution in [-0.4, -0.2) is 25.1 Å². The highest BCUT2D eigenvalue weighted by Gasteiger charge is 2.19. The lowest BCUT2D eigenvalue weighted by Gasteiger charge is -2.18. The highest BCUT2D eigenvalue weighted by molar-refractivity contribution is 5.94. The third-order valence-electron chi connectivity index (χ3n) is 6.00. The molecule has 0 fully saturated rings. The van der Waals surface area contributed by atoms with Gasteiger partial charge in [0.25, 0.3) is 5.91 Å². The zero-order chi connectivity index (χ0) is 27.5. The Morgan fingerprint density at radius 1 is 0.872 bits per heavy atom. The number of carbonyl (C=O) groups is 2. The first-order chi connectivity index (χ1) is 19.0. The number of hydrogen-bond acceptors (Lipinski definition) is 5. The number of methoxy groups -OCH3 is 1. The first kappa shape index (κ1) is 27.1. The standard InChI is InChI=1S/C32H31N3O4/c1-23-10-9-11-25(18-23)22-39-29-17-16-24(19-30(29)38-2)21-33-35-31(36)20-28(26-12-5-3-6-13-26)34-32(37)27-14-7-4-8-15-27/h3-19,21,28H,20,22H2,1-2H3,(H,34,37)(H,35,36)/b33-21-/t28-/m1/s1. The summed E-state index contributed by atoms with van der Waals surface area (Å²) in [5.74, 6) is 0.585. The maximum absolute atomic E-state index is 12.7. The van der Waals surface area contributed by atoms with E-state index in [0.717, 1.165) is 16.7 Å². The Hall–Kier alpha value is -4.91. The van der Waals surface area contributed by atoms with Crippen LogP contribution < -0.4 is 20.2 Å². The van der Waals surface area contributed by atoms with E-state index >= 15 is 0 Å². The molecule has 0 aliphatic heterocycles. The number of rotatable bonds is 11. The van der Waals surface area contributed by atoms with Crippen molar-refractivity contribution in [1.82, 2.24) is 10.7 Å². The highest BCUT2D eigenvalue weighted by Crippen LogP contribution is 2.28. The zero-order valence-electron chi connectivity index (χ0n) is 22.0. The van der Waals surface area contributed by atoms with E-state index in [-0.39, 0.29) is 18.2 Å². The molecule has 0 aromatic heterocycles. The second kappa shape index (κ2) is 13.6. The third-order valence-corrected chi connectivity index (χ3v) is 6.00. The number of carbonyl (C=O) groups excluding carboxylic acids is 2. The van der Waals surface area contributed by atoms with Crippen LogP contribution in [0.3, 0.4) is 0 Å². The van der Waals surface area contributed by atoms with Gasteiger partial charge >= 0.3 is 0 Å². The molecule has 0 bridgehead atoms. The number of benzene rings is 4. The van der Waals surface area contributed by atoms with Gasteiger partial charge in [-0.2, -0.15) is 5.10 Å². The lowest BCUT2D eigenvalue weighted by molar-refractivity contribution is -0.121. The van der Waals surface area contributed by atoms with Crippen molar-refractivity contribution in [3.05, 3.63) is 131 Å². The predicted molar refractivity (Wildman–Crippen MR) is 152 cm³/mol. The fourth-order valence-corrected chi connectivity index (χ4v) is 4.03. The number of ether oxygens (including phenoxy) is 2. The fourth-order valence-electron chi connectivity index (χ4n) is 4.03. The molecular formula is C32H31N3O4. The van der Waals surface area contributed by atoms with Gasteiger partial charge in [-0.1, -0.05) is 78.4 Å². The number of amides is 2. The molecule has 4 rings (SSSR count). The van der Waals surface area contributed by atoms with Crippen LogP contribution in [0.5, 0.6) is 11.5 Å². The van der Waals surface area contributed by atoms with E-state index < -0.39 is 6.04 Å². The average molecular weight is 522 g/mol. The van der Waals surface area contributed by atoms with Crippen LogP contribution in [-0.2, 0) is 11.4 Å². The second-order valence-electron chi connectivity index (χ2n) is 8.99. The summed E-state index contributed by atoms with van der Waals surface area (Å²) in [7, 11) is 1.57. The van der Waals surface area contributed by atoms with Crippen molar-refractivity contribution in [1.29, 1.82) is 0 Å². The smallest absolute Gasteiger partial charge is 0.251 e. The van der Waals surface area contributed by atoms with Gasteiger partial charge in [-0.15, -0.1) is 0 Å². The van der Waals surface area contributed by atoms with E-state index in [4.69, 9.17) is 9.47 Å². The predicted octanol–water partition coefficient (Wildman–Crippen LogP) is 5.59. The van der Waals surface area contributed by atoms with Crippen LogP contribution in [0.15, 0.2) is 108 Å². The zero-order valence-corrected chi connectivity index (χ0v) is 22.0. The SMILES string of the molecule is COc1cc(/C=N\NC(=O)C[C@@H](NC(=O)c2ccccc2)c2ccccc2)ccc1OCc1cccc(C)c1. The van der Waals surface area contributed by atoms with E-state index in [1.54, 1.807) is 37.4 Å². The van der Waals surface area contributed by atoms with Crippen LogP contribution in [0, 0.1) is 6.92 Å². The minimum atomic E-state index is -0.515. The van der Waals surface area contributed by atoms with E-state index in [0.29, 0.717) is 23.7 Å². The molecule has 39 heavy (non-hydrogen) atoms. The van der Waals surface area contributed by atoms with E-state index in [9.17, 15) is 9.59 Å². The molecule has 0 aliphatic carbocycles. The minimum Gasteiger partial charge on any atom is -0.493 e. The summed E-state index contributed by atoms with van der Waals surface area (Å²) in [6.07, 6.45) is 1.56. The number of hydrogen-bond donors (Lipinski definition) is 2. The lowest BCUT2D eigenvalue weighted by Crippen LogP contribution is -2.32. The van der Waals surface area contributed by atoms with Gasteiger partial charge in [-0.25, -0.2) is 5.43 Å². The van der Waals surface area contributed by atoms with Gasteiger partial charge in [0.2, 0.25) is 5.91 Å². The molecule has 0 aliphatic rings. The quantitative estimate of drug-likeness (QED) is 0.199. The molecule has 0 saturated carbocycles. The molecule has 7 heteroatoms. The molecule has 0 radical (unpaired) electrons. The summed E-state index contributed by atoms with van der Waals surface area (Å²) in [6, 6.07) is 31.3. The van der Waals surface area contributed by atoms with Gasteiger partial charge < -0.3 is 14.8 Å². The van der Waals surface area contributed by atoms with Crippen LogP contribution in [0.25, 0.3) is 0 Å². The van der Waals surface area contributed by atoms with Gasteiger partial charge in [0.1, 0.15) is 6.61 Å². The fraction of sp³-hybridized carbons (Fsp3) is 0.156. The Bertz CT molecular complexity index is 1420. The second-order valence-corrected chi connectivity index (χ2v) is 8.99. The summed E-state index contributed by atoms with van der Waals surface area (Å²) in [6.45, 7) is 2.46. The molecule has 1 atom stereocenters. The first-order valence-electron chi connectivity index (χ1n) is 12.6. The summed E-state index contributed by atoms with van der Waals surface area (Å²) < 4.78 is 11.4. The summed E-state index contributed by atoms with van der Waals surface area (Å²) in [5.41, 5.74) is 6.88. The molecule has 0 heterocycles. The van der Waals surface area contributed by atoms with Crippen molar-refractivity contribution in [2.75, 3.05) is 7.11 Å². The highest BCUT2D eigenvalue weighted by atomic mass is 16.5. The maximum atomic E-state index is 12.7. The van der Waals surface area contributed by atoms with Crippen molar-refractivity contribution < 1.29 is 19.1 Å².